The molecule has 0 N–H and O–H groups in total. The number of hydrogen-bond donors (Lipinski definition) is 0. The van der Waals surface area contributed by atoms with Crippen molar-refractivity contribution in [2.45, 2.75) is 6.92 Å². The third-order valence-corrected chi connectivity index (χ3v) is 2.24. The van der Waals surface area contributed by atoms with Gasteiger partial charge in [-0.25, -0.2) is 0 Å². The van der Waals surface area contributed by atoms with E-state index in [0.717, 1.165) is 22.4 Å². The summed E-state index contributed by atoms with van der Waals surface area (Å²) in [6, 6.07) is 5.55. The van der Waals surface area contributed by atoms with Crippen LogP contribution < -0.4 is 4.74 Å². The van der Waals surface area contributed by atoms with Crippen LogP contribution in [-0.4, -0.2) is 12.9 Å². The number of fused-ring (bicyclic) bond motifs is 1. The Balaban J connectivity index is 2.55. The molecule has 1 aliphatic carbocycles. The van der Waals surface area contributed by atoms with Crippen molar-refractivity contribution in [1.29, 1.82) is 0 Å². The molecule has 2 heteroatoms. The van der Waals surface area contributed by atoms with E-state index in [4.69, 9.17) is 4.74 Å². The molecule has 0 aromatic heterocycles. The fraction of sp³-hybridized carbons (Fsp3) is 0.182. The van der Waals surface area contributed by atoms with Gasteiger partial charge in [0.25, 0.3) is 0 Å². The zero-order valence-corrected chi connectivity index (χ0v) is 7.63. The number of benzene rings is 1. The van der Waals surface area contributed by atoms with E-state index in [1.54, 1.807) is 13.2 Å². The molecule has 1 aromatic rings. The van der Waals surface area contributed by atoms with Crippen molar-refractivity contribution in [1.82, 2.24) is 0 Å². The van der Waals surface area contributed by atoms with Crippen molar-refractivity contribution >= 4 is 11.9 Å². The lowest BCUT2D eigenvalue weighted by Crippen LogP contribution is -1.96. The third kappa shape index (κ3) is 1.15. The number of carbonyl (C=O) groups excluding carboxylic acids is 1. The smallest absolute Gasteiger partial charge is 0.189 e. The molecule has 0 bridgehead atoms. The van der Waals surface area contributed by atoms with Gasteiger partial charge >= 0.3 is 0 Å². The monoisotopic (exact) mass is 174 g/mol. The number of methoxy groups -OCH3 is 1. The fourth-order valence-electron chi connectivity index (χ4n) is 1.50. The minimum Gasteiger partial charge on any atom is -0.497 e. The summed E-state index contributed by atoms with van der Waals surface area (Å²) in [5.74, 6) is 0.837. The number of carbonyl (C=O) groups is 1. The zero-order chi connectivity index (χ0) is 9.42. The SMILES string of the molecule is COc1ccc2c(c1)C(=O)C(C)=C2. The summed E-state index contributed by atoms with van der Waals surface area (Å²) in [5.41, 5.74) is 2.53. The van der Waals surface area contributed by atoms with Gasteiger partial charge in [-0.05, 0) is 36.3 Å². The fourth-order valence-corrected chi connectivity index (χ4v) is 1.50. The molecule has 0 saturated heterocycles. The predicted octanol–water partition coefficient (Wildman–Crippen LogP) is 2.29. The average molecular weight is 174 g/mol. The molecule has 0 heterocycles. The highest BCUT2D eigenvalue weighted by molar-refractivity contribution is 6.17. The first-order chi connectivity index (χ1) is 6.22. The molecular weight excluding hydrogens is 164 g/mol. The Morgan fingerprint density at radius 3 is 2.77 bits per heavy atom. The van der Waals surface area contributed by atoms with E-state index in [9.17, 15) is 4.79 Å². The van der Waals surface area contributed by atoms with Crippen molar-refractivity contribution in [3.8, 4) is 5.75 Å². The Morgan fingerprint density at radius 2 is 2.08 bits per heavy atom. The van der Waals surface area contributed by atoms with Gasteiger partial charge in [0.1, 0.15) is 5.75 Å². The lowest BCUT2D eigenvalue weighted by molar-refractivity contribution is 0.103. The molecule has 1 aliphatic rings. The van der Waals surface area contributed by atoms with E-state index in [1.165, 1.54) is 0 Å². The van der Waals surface area contributed by atoms with E-state index in [-0.39, 0.29) is 5.78 Å². The van der Waals surface area contributed by atoms with E-state index in [1.807, 2.05) is 25.1 Å². The second-order valence-corrected chi connectivity index (χ2v) is 3.11. The van der Waals surface area contributed by atoms with Gasteiger partial charge in [0.2, 0.25) is 0 Å². The summed E-state index contributed by atoms with van der Waals surface area (Å²) < 4.78 is 5.05. The predicted molar refractivity (Wildman–Crippen MR) is 51.0 cm³/mol. The topological polar surface area (TPSA) is 26.3 Å². The number of hydrogen-bond acceptors (Lipinski definition) is 2. The summed E-state index contributed by atoms with van der Waals surface area (Å²) in [6.45, 7) is 1.83. The van der Waals surface area contributed by atoms with Crippen molar-refractivity contribution in [3.05, 3.63) is 34.9 Å². The van der Waals surface area contributed by atoms with Crippen LogP contribution >= 0.6 is 0 Å². The molecule has 0 saturated carbocycles. The molecule has 0 spiro atoms. The van der Waals surface area contributed by atoms with Gasteiger partial charge in [-0.2, -0.15) is 0 Å². The van der Waals surface area contributed by atoms with Gasteiger partial charge < -0.3 is 4.74 Å². The number of allylic oxidation sites excluding steroid dienone is 1. The average Bonchev–Trinajstić information content (AvgIpc) is 2.43. The Hall–Kier alpha value is -1.57. The molecule has 0 fully saturated rings. The van der Waals surface area contributed by atoms with E-state index < -0.39 is 0 Å². The molecule has 13 heavy (non-hydrogen) atoms. The first kappa shape index (κ1) is 8.05. The number of ketones is 1. The summed E-state index contributed by atoms with van der Waals surface area (Å²) >= 11 is 0. The van der Waals surface area contributed by atoms with Gasteiger partial charge in [-0.1, -0.05) is 6.07 Å². The Bertz CT molecular complexity index is 403. The van der Waals surface area contributed by atoms with Gasteiger partial charge in [-0.3, -0.25) is 4.79 Å². The first-order valence-electron chi connectivity index (χ1n) is 4.13. The molecule has 66 valence electrons. The van der Waals surface area contributed by atoms with Gasteiger partial charge in [0.05, 0.1) is 7.11 Å². The van der Waals surface area contributed by atoms with Crippen molar-refractivity contribution in [2.24, 2.45) is 0 Å². The second-order valence-electron chi connectivity index (χ2n) is 3.11. The maximum atomic E-state index is 11.5. The third-order valence-electron chi connectivity index (χ3n) is 2.24. The quantitative estimate of drug-likeness (QED) is 0.653. The molecule has 0 radical (unpaired) electrons. The van der Waals surface area contributed by atoms with Crippen molar-refractivity contribution in [3.63, 3.8) is 0 Å². The lowest BCUT2D eigenvalue weighted by atomic mass is 10.1. The number of ether oxygens (including phenoxy) is 1. The van der Waals surface area contributed by atoms with E-state index in [2.05, 4.69) is 0 Å². The van der Waals surface area contributed by atoms with Crippen molar-refractivity contribution < 1.29 is 9.53 Å². The maximum absolute atomic E-state index is 11.5. The first-order valence-corrected chi connectivity index (χ1v) is 4.13. The highest BCUT2D eigenvalue weighted by Crippen LogP contribution is 2.27. The number of rotatable bonds is 1. The van der Waals surface area contributed by atoms with E-state index in [0.29, 0.717) is 0 Å². The molecule has 0 aliphatic heterocycles. The zero-order valence-electron chi connectivity index (χ0n) is 7.63. The minimum absolute atomic E-state index is 0.105. The van der Waals surface area contributed by atoms with Crippen LogP contribution in [0.4, 0.5) is 0 Å². The van der Waals surface area contributed by atoms with Crippen LogP contribution in [0.15, 0.2) is 23.8 Å². The molecule has 2 rings (SSSR count). The molecule has 0 unspecified atom stereocenters. The summed E-state index contributed by atoms with van der Waals surface area (Å²) in [4.78, 5) is 11.5. The van der Waals surface area contributed by atoms with Gasteiger partial charge in [0.15, 0.2) is 5.78 Å². The molecule has 0 amide bonds. The van der Waals surface area contributed by atoms with Gasteiger partial charge in [0, 0.05) is 5.56 Å². The minimum atomic E-state index is 0.105. The second kappa shape index (κ2) is 2.73. The molecule has 1 aromatic carbocycles. The van der Waals surface area contributed by atoms with Crippen LogP contribution in [-0.2, 0) is 0 Å². The van der Waals surface area contributed by atoms with Crippen LogP contribution in [0.5, 0.6) is 5.75 Å². The highest BCUT2D eigenvalue weighted by Gasteiger charge is 2.19. The number of Topliss-reactive ketones (excluding diaryl/α,β-unsaturated/α-hetero) is 1. The standard InChI is InChI=1S/C11H10O2/c1-7-5-8-3-4-9(13-2)6-10(8)11(7)12/h3-6H,1-2H3. The summed E-state index contributed by atoms with van der Waals surface area (Å²) in [5, 5.41) is 0. The van der Waals surface area contributed by atoms with Crippen LogP contribution in [0.1, 0.15) is 22.8 Å². The molecule has 0 atom stereocenters. The summed E-state index contributed by atoms with van der Waals surface area (Å²) in [6.07, 6.45) is 1.90. The maximum Gasteiger partial charge on any atom is 0.189 e. The largest absolute Gasteiger partial charge is 0.497 e. The highest BCUT2D eigenvalue weighted by atomic mass is 16.5. The molecule has 2 nitrogen and oxygen atoms in total. The van der Waals surface area contributed by atoms with Crippen LogP contribution in [0.2, 0.25) is 0 Å². The van der Waals surface area contributed by atoms with E-state index >= 15 is 0 Å². The Kier molecular flexibility index (Phi) is 1.69. The van der Waals surface area contributed by atoms with Crippen LogP contribution in [0.3, 0.4) is 0 Å². The van der Waals surface area contributed by atoms with Crippen LogP contribution in [0.25, 0.3) is 6.08 Å². The lowest BCUT2D eigenvalue weighted by Gasteiger charge is -2.01. The Morgan fingerprint density at radius 1 is 1.31 bits per heavy atom. The van der Waals surface area contributed by atoms with Crippen molar-refractivity contribution in [2.75, 3.05) is 7.11 Å². The Labute approximate surface area is 76.8 Å². The van der Waals surface area contributed by atoms with Gasteiger partial charge in [-0.15, -0.1) is 0 Å². The van der Waals surface area contributed by atoms with Crippen LogP contribution in [0, 0.1) is 0 Å². The summed E-state index contributed by atoms with van der Waals surface area (Å²) in [7, 11) is 1.60. The normalized spacial score (nSPS) is 14.0. The molecular formula is C11H10O2.